The second kappa shape index (κ2) is 11.9. The SMILES string of the molecule is O=C(Nc1cccc(-c2cc(Nc3ccc(C(=O)N4CCOCC4)cn3)c3nccn3n2)c1CO)c1ccc(C2CC2)cc1. The molecule has 5 aromatic rings. The Labute approximate surface area is 253 Å². The number of benzene rings is 2. The summed E-state index contributed by atoms with van der Waals surface area (Å²) in [6, 6.07) is 18.5. The van der Waals surface area contributed by atoms with Gasteiger partial charge in [0.15, 0.2) is 5.65 Å². The number of imidazole rings is 1. The Morgan fingerprint density at radius 1 is 0.955 bits per heavy atom. The lowest BCUT2D eigenvalue weighted by Crippen LogP contribution is -2.40. The molecule has 0 spiro atoms. The lowest BCUT2D eigenvalue weighted by molar-refractivity contribution is 0.0302. The number of carbonyl (C=O) groups excluding carboxylic acids is 2. The van der Waals surface area contributed by atoms with Gasteiger partial charge in [-0.25, -0.2) is 14.5 Å². The molecule has 0 bridgehead atoms. The van der Waals surface area contributed by atoms with Crippen molar-refractivity contribution >= 4 is 34.7 Å². The maximum Gasteiger partial charge on any atom is 0.255 e. The van der Waals surface area contributed by atoms with Gasteiger partial charge in [-0.2, -0.15) is 5.10 Å². The van der Waals surface area contributed by atoms with E-state index in [2.05, 4.69) is 20.6 Å². The number of hydrogen-bond acceptors (Lipinski definition) is 8. The van der Waals surface area contributed by atoms with Crippen molar-refractivity contribution in [3.8, 4) is 11.3 Å². The summed E-state index contributed by atoms with van der Waals surface area (Å²) in [4.78, 5) is 36.6. The van der Waals surface area contributed by atoms with Gasteiger partial charge in [0.25, 0.3) is 11.8 Å². The zero-order valence-electron chi connectivity index (χ0n) is 23.9. The summed E-state index contributed by atoms with van der Waals surface area (Å²) in [5.41, 5.74) is 5.80. The van der Waals surface area contributed by atoms with E-state index in [0.717, 1.165) is 0 Å². The van der Waals surface area contributed by atoms with E-state index < -0.39 is 0 Å². The topological polar surface area (TPSA) is 134 Å². The average molecular weight is 590 g/mol. The van der Waals surface area contributed by atoms with Crippen molar-refractivity contribution in [1.82, 2.24) is 24.5 Å². The monoisotopic (exact) mass is 589 g/mol. The maximum atomic E-state index is 13.1. The van der Waals surface area contributed by atoms with E-state index in [1.54, 1.807) is 46.2 Å². The molecule has 1 aliphatic carbocycles. The van der Waals surface area contributed by atoms with Crippen LogP contribution in [0.5, 0.6) is 0 Å². The van der Waals surface area contributed by atoms with Crippen molar-refractivity contribution in [3.63, 3.8) is 0 Å². The summed E-state index contributed by atoms with van der Waals surface area (Å²) in [7, 11) is 0. The first-order valence-corrected chi connectivity index (χ1v) is 14.7. The third-order valence-corrected chi connectivity index (χ3v) is 8.01. The highest BCUT2D eigenvalue weighted by Gasteiger charge is 2.24. The number of amides is 2. The molecule has 0 atom stereocenters. The minimum Gasteiger partial charge on any atom is -0.392 e. The van der Waals surface area contributed by atoms with Crippen molar-refractivity contribution in [2.24, 2.45) is 0 Å². The molecule has 2 aliphatic rings. The number of ether oxygens (including phenoxy) is 1. The van der Waals surface area contributed by atoms with Crippen LogP contribution in [0.1, 0.15) is 50.6 Å². The third kappa shape index (κ3) is 5.62. The summed E-state index contributed by atoms with van der Waals surface area (Å²) < 4.78 is 6.99. The van der Waals surface area contributed by atoms with Crippen molar-refractivity contribution in [2.45, 2.75) is 25.4 Å². The second-order valence-corrected chi connectivity index (χ2v) is 10.9. The van der Waals surface area contributed by atoms with E-state index in [9.17, 15) is 14.7 Å². The van der Waals surface area contributed by atoms with E-state index in [1.807, 2.05) is 42.5 Å². The van der Waals surface area contributed by atoms with Crippen LogP contribution in [-0.2, 0) is 11.3 Å². The van der Waals surface area contributed by atoms with Crippen LogP contribution in [-0.4, -0.2) is 67.7 Å². The molecule has 3 N–H and O–H groups in total. The first-order chi connectivity index (χ1) is 21.6. The summed E-state index contributed by atoms with van der Waals surface area (Å²) in [5.74, 6) is 0.819. The molecule has 2 fully saturated rings. The summed E-state index contributed by atoms with van der Waals surface area (Å²) in [6.07, 6.45) is 7.34. The molecule has 2 amide bonds. The van der Waals surface area contributed by atoms with Gasteiger partial charge in [-0.3, -0.25) is 9.59 Å². The fraction of sp³-hybridized carbons (Fsp3) is 0.242. The number of rotatable bonds is 8. The summed E-state index contributed by atoms with van der Waals surface area (Å²) >= 11 is 0. The number of nitrogens with one attached hydrogen (secondary N) is 2. The predicted molar refractivity (Wildman–Crippen MR) is 165 cm³/mol. The molecule has 1 saturated heterocycles. The highest BCUT2D eigenvalue weighted by Crippen LogP contribution is 2.40. The molecule has 11 nitrogen and oxygen atoms in total. The van der Waals surface area contributed by atoms with E-state index in [4.69, 9.17) is 9.84 Å². The number of aliphatic hydroxyl groups is 1. The van der Waals surface area contributed by atoms with Crippen molar-refractivity contribution in [3.05, 3.63) is 102 Å². The Morgan fingerprint density at radius 2 is 1.75 bits per heavy atom. The normalized spacial score (nSPS) is 14.9. The lowest BCUT2D eigenvalue weighted by Gasteiger charge is -2.26. The zero-order valence-corrected chi connectivity index (χ0v) is 23.9. The van der Waals surface area contributed by atoms with E-state index in [0.29, 0.717) is 83.0 Å². The minimum absolute atomic E-state index is 0.0760. The first kappa shape index (κ1) is 27.7. The number of anilines is 3. The van der Waals surface area contributed by atoms with Crippen LogP contribution in [0.15, 0.2) is 79.3 Å². The second-order valence-electron chi connectivity index (χ2n) is 10.9. The number of fused-ring (bicyclic) bond motifs is 1. The van der Waals surface area contributed by atoms with Gasteiger partial charge in [-0.05, 0) is 60.7 Å². The highest BCUT2D eigenvalue weighted by molar-refractivity contribution is 6.05. The van der Waals surface area contributed by atoms with Gasteiger partial charge >= 0.3 is 0 Å². The molecule has 1 saturated carbocycles. The largest absolute Gasteiger partial charge is 0.392 e. The van der Waals surface area contributed by atoms with Crippen LogP contribution >= 0.6 is 0 Å². The van der Waals surface area contributed by atoms with Crippen LogP contribution in [0.25, 0.3) is 16.9 Å². The number of nitrogens with zero attached hydrogens (tertiary/aromatic N) is 5. The van der Waals surface area contributed by atoms with Crippen LogP contribution < -0.4 is 10.6 Å². The number of carbonyl (C=O) groups is 2. The number of pyridine rings is 1. The molecule has 2 aromatic carbocycles. The Hall–Kier alpha value is -5.13. The molecule has 4 heterocycles. The fourth-order valence-electron chi connectivity index (χ4n) is 5.45. The zero-order chi connectivity index (χ0) is 30.0. The molecule has 0 unspecified atom stereocenters. The Morgan fingerprint density at radius 3 is 2.48 bits per heavy atom. The molecule has 0 radical (unpaired) electrons. The van der Waals surface area contributed by atoms with Gasteiger partial charge in [0.1, 0.15) is 5.82 Å². The van der Waals surface area contributed by atoms with Crippen LogP contribution in [0.4, 0.5) is 17.2 Å². The average Bonchev–Trinajstić information content (AvgIpc) is 3.81. The van der Waals surface area contributed by atoms with Crippen LogP contribution in [0.3, 0.4) is 0 Å². The van der Waals surface area contributed by atoms with E-state index >= 15 is 0 Å². The molecule has 7 rings (SSSR count). The third-order valence-electron chi connectivity index (χ3n) is 8.01. The lowest BCUT2D eigenvalue weighted by atomic mass is 10.0. The molecule has 3 aromatic heterocycles. The van der Waals surface area contributed by atoms with Crippen LogP contribution in [0.2, 0.25) is 0 Å². The summed E-state index contributed by atoms with van der Waals surface area (Å²) in [5, 5.41) is 21.4. The van der Waals surface area contributed by atoms with Crippen molar-refractivity contribution < 1.29 is 19.4 Å². The molecular weight excluding hydrogens is 558 g/mol. The number of hydrogen-bond donors (Lipinski definition) is 3. The van der Waals surface area contributed by atoms with Gasteiger partial charge in [-0.1, -0.05) is 24.3 Å². The molecule has 222 valence electrons. The maximum absolute atomic E-state index is 13.1. The van der Waals surface area contributed by atoms with Gasteiger partial charge in [-0.15, -0.1) is 0 Å². The van der Waals surface area contributed by atoms with Crippen molar-refractivity contribution in [2.75, 3.05) is 36.9 Å². The fourth-order valence-corrected chi connectivity index (χ4v) is 5.45. The smallest absolute Gasteiger partial charge is 0.255 e. The quantitative estimate of drug-likeness (QED) is 0.239. The standard InChI is InChI=1S/C33H31N7O4/c41-20-26-25(2-1-3-27(26)37-32(42)23-8-6-22(7-9-23)21-4-5-21)28-18-29(31-34-12-13-40(31)38-28)36-30-11-10-24(19-35-30)33(43)39-14-16-44-17-15-39/h1-3,6-13,18-19,21,41H,4-5,14-17,20H2,(H,35,36)(H,37,42). The van der Waals surface area contributed by atoms with E-state index in [1.165, 1.54) is 18.4 Å². The molecule has 11 heteroatoms. The summed E-state index contributed by atoms with van der Waals surface area (Å²) in [6.45, 7) is 1.88. The van der Waals surface area contributed by atoms with Crippen molar-refractivity contribution in [1.29, 1.82) is 0 Å². The van der Waals surface area contributed by atoms with Crippen LogP contribution in [0, 0.1) is 0 Å². The Kier molecular flexibility index (Phi) is 7.47. The number of morpholine rings is 1. The van der Waals surface area contributed by atoms with Gasteiger partial charge in [0.05, 0.1) is 36.8 Å². The molecule has 1 aliphatic heterocycles. The van der Waals surface area contributed by atoms with Gasteiger partial charge < -0.3 is 25.4 Å². The Bertz CT molecular complexity index is 1830. The first-order valence-electron chi connectivity index (χ1n) is 14.7. The number of aromatic nitrogens is 4. The molecule has 44 heavy (non-hydrogen) atoms. The minimum atomic E-state index is -0.307. The molecular formula is C33H31N7O4. The Balaban J connectivity index is 1.15. The van der Waals surface area contributed by atoms with Gasteiger partial charge in [0.2, 0.25) is 0 Å². The van der Waals surface area contributed by atoms with Gasteiger partial charge in [0, 0.05) is 54.1 Å². The number of aliphatic hydroxyl groups excluding tert-OH is 1. The predicted octanol–water partition coefficient (Wildman–Crippen LogP) is 4.63. The highest BCUT2D eigenvalue weighted by atomic mass is 16.5. The van der Waals surface area contributed by atoms with E-state index in [-0.39, 0.29) is 18.4 Å².